The largest absolute Gasteiger partial charge is 0.334 e. The maximum atomic E-state index is 12.1. The number of carbonyl (C=O) groups is 1. The van der Waals surface area contributed by atoms with Crippen LogP contribution in [0.4, 0.5) is 10.7 Å². The second-order valence-corrected chi connectivity index (χ2v) is 7.40. The van der Waals surface area contributed by atoms with Crippen LogP contribution in [0.25, 0.3) is 0 Å². The molecule has 1 aliphatic carbocycles. The Labute approximate surface area is 169 Å². The van der Waals surface area contributed by atoms with E-state index in [2.05, 4.69) is 36.6 Å². The smallest absolute Gasteiger partial charge is 0.321 e. The second kappa shape index (κ2) is 8.85. The summed E-state index contributed by atoms with van der Waals surface area (Å²) in [5.74, 6) is 0.261. The zero-order chi connectivity index (χ0) is 20.1. The van der Waals surface area contributed by atoms with Crippen molar-refractivity contribution in [2.45, 2.75) is 58.2 Å². The number of anilines is 1. The van der Waals surface area contributed by atoms with Gasteiger partial charge in [-0.2, -0.15) is 5.10 Å². The Morgan fingerprint density at radius 2 is 2.03 bits per heavy atom. The molecule has 0 aliphatic heterocycles. The molecule has 9 nitrogen and oxygen atoms in total. The molecule has 3 aromatic heterocycles. The van der Waals surface area contributed by atoms with Gasteiger partial charge in [-0.15, -0.1) is 5.10 Å². The third-order valence-corrected chi connectivity index (χ3v) is 5.25. The molecular formula is C20H26N8O. The number of urea groups is 1. The number of carbonyl (C=O) groups excluding carboxylic acids is 1. The Morgan fingerprint density at radius 3 is 2.86 bits per heavy atom. The highest BCUT2D eigenvalue weighted by molar-refractivity contribution is 5.87. The van der Waals surface area contributed by atoms with Crippen LogP contribution in [0, 0.1) is 6.92 Å². The first kappa shape index (κ1) is 19.1. The standard InChI is InChI=1S/C20H26N8O/c1-15-16(6-5-10-21-15)12-22-20(29)24-19-23-14-27(26-19)13-17-9-11-28(25-17)18-7-3-2-4-8-18/h5-6,9-11,14,18H,2-4,7-8,12-13H2,1H3,(H2,22,24,26,29). The molecule has 0 radical (unpaired) electrons. The molecule has 3 aromatic rings. The SMILES string of the molecule is Cc1ncccc1CNC(=O)Nc1ncn(Cc2ccn(C3CCCCC3)n2)n1. The molecule has 0 aromatic carbocycles. The van der Waals surface area contributed by atoms with E-state index in [1.165, 1.54) is 32.1 Å². The summed E-state index contributed by atoms with van der Waals surface area (Å²) in [6, 6.07) is 5.96. The number of rotatable bonds is 6. The molecule has 3 heterocycles. The average Bonchev–Trinajstić information content (AvgIpc) is 3.38. The maximum absolute atomic E-state index is 12.1. The van der Waals surface area contributed by atoms with Gasteiger partial charge < -0.3 is 5.32 Å². The fourth-order valence-corrected chi connectivity index (χ4v) is 3.63. The first-order valence-corrected chi connectivity index (χ1v) is 10.1. The van der Waals surface area contributed by atoms with Crippen LogP contribution >= 0.6 is 0 Å². The van der Waals surface area contributed by atoms with Crippen LogP contribution < -0.4 is 10.6 Å². The zero-order valence-corrected chi connectivity index (χ0v) is 16.6. The van der Waals surface area contributed by atoms with Crippen LogP contribution in [0.5, 0.6) is 0 Å². The molecule has 9 heteroatoms. The van der Waals surface area contributed by atoms with E-state index in [0.29, 0.717) is 19.1 Å². The molecule has 0 unspecified atom stereocenters. The van der Waals surface area contributed by atoms with Crippen LogP contribution in [0.2, 0.25) is 0 Å². The van der Waals surface area contributed by atoms with Crippen molar-refractivity contribution in [1.82, 2.24) is 34.8 Å². The summed E-state index contributed by atoms with van der Waals surface area (Å²) < 4.78 is 3.76. The number of pyridine rings is 1. The number of hydrogen-bond acceptors (Lipinski definition) is 5. The number of nitrogens with zero attached hydrogens (tertiary/aromatic N) is 6. The summed E-state index contributed by atoms with van der Waals surface area (Å²) in [4.78, 5) is 20.5. The fourth-order valence-electron chi connectivity index (χ4n) is 3.63. The van der Waals surface area contributed by atoms with Crippen molar-refractivity contribution in [3.63, 3.8) is 0 Å². The molecule has 1 aliphatic rings. The zero-order valence-electron chi connectivity index (χ0n) is 16.6. The number of aryl methyl sites for hydroxylation is 1. The molecule has 0 bridgehead atoms. The first-order valence-electron chi connectivity index (χ1n) is 10.1. The monoisotopic (exact) mass is 394 g/mol. The number of aromatic nitrogens is 6. The highest BCUT2D eigenvalue weighted by Crippen LogP contribution is 2.27. The lowest BCUT2D eigenvalue weighted by atomic mass is 9.96. The fraction of sp³-hybridized carbons (Fsp3) is 0.450. The van der Waals surface area contributed by atoms with Crippen molar-refractivity contribution in [2.75, 3.05) is 5.32 Å². The number of amides is 2. The predicted molar refractivity (Wildman–Crippen MR) is 108 cm³/mol. The van der Waals surface area contributed by atoms with Gasteiger partial charge in [0.2, 0.25) is 5.95 Å². The van der Waals surface area contributed by atoms with Gasteiger partial charge in [-0.3, -0.25) is 15.0 Å². The second-order valence-electron chi connectivity index (χ2n) is 7.40. The lowest BCUT2D eigenvalue weighted by Gasteiger charge is -2.21. The number of nitrogens with one attached hydrogen (secondary N) is 2. The van der Waals surface area contributed by atoms with Gasteiger partial charge in [0.05, 0.1) is 18.3 Å². The summed E-state index contributed by atoms with van der Waals surface area (Å²) in [6.07, 6.45) is 11.7. The van der Waals surface area contributed by atoms with Gasteiger partial charge in [-0.05, 0) is 37.5 Å². The van der Waals surface area contributed by atoms with Gasteiger partial charge >= 0.3 is 6.03 Å². The highest BCUT2D eigenvalue weighted by atomic mass is 16.2. The Morgan fingerprint density at radius 1 is 1.17 bits per heavy atom. The Bertz CT molecular complexity index is 957. The van der Waals surface area contributed by atoms with E-state index in [4.69, 9.17) is 5.10 Å². The Balaban J connectivity index is 1.29. The van der Waals surface area contributed by atoms with Gasteiger partial charge in [-0.25, -0.2) is 14.5 Å². The molecule has 0 spiro atoms. The van der Waals surface area contributed by atoms with E-state index < -0.39 is 0 Å². The molecule has 1 saturated carbocycles. The molecule has 2 amide bonds. The van der Waals surface area contributed by atoms with Gasteiger partial charge in [0.1, 0.15) is 6.33 Å². The third kappa shape index (κ3) is 4.98. The van der Waals surface area contributed by atoms with E-state index in [1.54, 1.807) is 17.2 Å². The van der Waals surface area contributed by atoms with Crippen molar-refractivity contribution in [3.05, 3.63) is 53.9 Å². The molecule has 2 N–H and O–H groups in total. The summed E-state index contributed by atoms with van der Waals surface area (Å²) in [7, 11) is 0. The van der Waals surface area contributed by atoms with Crippen molar-refractivity contribution < 1.29 is 4.79 Å². The van der Waals surface area contributed by atoms with Gasteiger partial charge in [0.15, 0.2) is 0 Å². The minimum absolute atomic E-state index is 0.261. The van der Waals surface area contributed by atoms with Crippen LogP contribution in [0.3, 0.4) is 0 Å². The summed E-state index contributed by atoms with van der Waals surface area (Å²) in [5.41, 5.74) is 2.79. The van der Waals surface area contributed by atoms with Gasteiger partial charge in [-0.1, -0.05) is 25.3 Å². The van der Waals surface area contributed by atoms with E-state index >= 15 is 0 Å². The molecule has 4 rings (SSSR count). The average molecular weight is 394 g/mol. The van der Waals surface area contributed by atoms with Crippen LogP contribution in [0.15, 0.2) is 36.9 Å². The molecular weight excluding hydrogens is 368 g/mol. The van der Waals surface area contributed by atoms with Crippen molar-refractivity contribution >= 4 is 12.0 Å². The van der Waals surface area contributed by atoms with E-state index in [1.807, 2.05) is 25.1 Å². The van der Waals surface area contributed by atoms with E-state index in [9.17, 15) is 4.79 Å². The quantitative estimate of drug-likeness (QED) is 0.669. The third-order valence-electron chi connectivity index (χ3n) is 5.25. The van der Waals surface area contributed by atoms with Crippen LogP contribution in [0.1, 0.15) is 55.1 Å². The molecule has 29 heavy (non-hydrogen) atoms. The van der Waals surface area contributed by atoms with Crippen molar-refractivity contribution in [3.8, 4) is 0 Å². The van der Waals surface area contributed by atoms with Gasteiger partial charge in [0, 0.05) is 24.6 Å². The molecule has 1 fully saturated rings. The normalized spacial score (nSPS) is 14.7. The summed E-state index contributed by atoms with van der Waals surface area (Å²) >= 11 is 0. The maximum Gasteiger partial charge on any atom is 0.321 e. The minimum atomic E-state index is -0.354. The molecule has 0 saturated heterocycles. The topological polar surface area (TPSA) is 103 Å². The Kier molecular flexibility index (Phi) is 5.83. The highest BCUT2D eigenvalue weighted by Gasteiger charge is 2.16. The van der Waals surface area contributed by atoms with E-state index in [0.717, 1.165) is 17.0 Å². The first-order chi connectivity index (χ1) is 14.2. The predicted octanol–water partition coefficient (Wildman–Crippen LogP) is 3.05. The van der Waals surface area contributed by atoms with Crippen LogP contribution in [-0.4, -0.2) is 35.6 Å². The lowest BCUT2D eigenvalue weighted by Crippen LogP contribution is -2.29. The van der Waals surface area contributed by atoms with Crippen molar-refractivity contribution in [1.29, 1.82) is 0 Å². The van der Waals surface area contributed by atoms with E-state index in [-0.39, 0.29) is 12.0 Å². The molecule has 152 valence electrons. The lowest BCUT2D eigenvalue weighted by molar-refractivity contribution is 0.251. The Hall–Kier alpha value is -3.23. The molecule has 0 atom stereocenters. The summed E-state index contributed by atoms with van der Waals surface area (Å²) in [5, 5.41) is 14.5. The van der Waals surface area contributed by atoms with Gasteiger partial charge in [0.25, 0.3) is 0 Å². The summed E-state index contributed by atoms with van der Waals surface area (Å²) in [6.45, 7) is 2.82. The van der Waals surface area contributed by atoms with Crippen molar-refractivity contribution in [2.24, 2.45) is 0 Å². The van der Waals surface area contributed by atoms with Crippen LogP contribution in [-0.2, 0) is 13.1 Å². The minimum Gasteiger partial charge on any atom is -0.334 e. The number of hydrogen-bond donors (Lipinski definition) is 2.